The van der Waals surface area contributed by atoms with Gasteiger partial charge in [-0.05, 0) is 66.9 Å². The molecule has 2 aliphatic rings. The molecule has 5 nitrogen and oxygen atoms in total. The summed E-state index contributed by atoms with van der Waals surface area (Å²) in [6.07, 6.45) is 8.98. The van der Waals surface area contributed by atoms with Gasteiger partial charge in [-0.25, -0.2) is 4.37 Å². The average molecular weight is 366 g/mol. The number of carbonyl (C=O) groups excluding carboxylic acids is 1. The van der Waals surface area contributed by atoms with Crippen molar-refractivity contribution in [1.82, 2.24) is 13.8 Å². The Morgan fingerprint density at radius 2 is 1.96 bits per heavy atom. The number of hydrogen-bond acceptors (Lipinski definition) is 4. The van der Waals surface area contributed by atoms with Crippen molar-refractivity contribution in [2.45, 2.75) is 50.4 Å². The van der Waals surface area contributed by atoms with Gasteiger partial charge in [0, 0.05) is 53.0 Å². The zero-order valence-corrected chi connectivity index (χ0v) is 15.4. The van der Waals surface area contributed by atoms with E-state index in [1.807, 2.05) is 24.4 Å². The smallest absolute Gasteiger partial charge is 0.248 e. The molecular weight excluding hydrogens is 344 g/mol. The van der Waals surface area contributed by atoms with Gasteiger partial charge < -0.3 is 10.3 Å². The monoisotopic (exact) mass is 366 g/mol. The van der Waals surface area contributed by atoms with Gasteiger partial charge >= 0.3 is 0 Å². The molecule has 6 heteroatoms. The van der Waals surface area contributed by atoms with E-state index in [0.717, 1.165) is 12.1 Å². The number of hydrogen-bond donors (Lipinski definition) is 1. The van der Waals surface area contributed by atoms with Crippen LogP contribution in [0.25, 0.3) is 10.9 Å². The molecule has 0 aliphatic carbocycles. The second-order valence-corrected chi connectivity index (χ2v) is 8.44. The molecule has 0 radical (unpaired) electrons. The molecule has 4 heterocycles. The largest absolute Gasteiger partial charge is 0.366 e. The molecule has 26 heavy (non-hydrogen) atoms. The van der Waals surface area contributed by atoms with E-state index in [1.54, 1.807) is 11.5 Å². The summed E-state index contributed by atoms with van der Waals surface area (Å²) >= 11 is 1.61. The molecule has 2 aliphatic heterocycles. The van der Waals surface area contributed by atoms with Crippen LogP contribution >= 0.6 is 11.5 Å². The Kier molecular flexibility index (Phi) is 3.83. The number of rotatable bonds is 4. The Balaban J connectivity index is 1.42. The Morgan fingerprint density at radius 3 is 2.65 bits per heavy atom. The molecular formula is C20H22N4OS. The van der Waals surface area contributed by atoms with Gasteiger partial charge in [0.1, 0.15) is 0 Å². The van der Waals surface area contributed by atoms with Crippen molar-refractivity contribution in [3.8, 4) is 0 Å². The Bertz CT molecular complexity index is 934. The predicted molar refractivity (Wildman–Crippen MR) is 103 cm³/mol. The lowest BCUT2D eigenvalue weighted by molar-refractivity contribution is 0.0998. The number of benzene rings is 1. The van der Waals surface area contributed by atoms with Gasteiger partial charge in [-0.3, -0.25) is 9.69 Å². The zero-order chi connectivity index (χ0) is 17.7. The fourth-order valence-corrected chi connectivity index (χ4v) is 5.44. The lowest BCUT2D eigenvalue weighted by Crippen LogP contribution is -2.42. The number of piperidine rings is 1. The highest BCUT2D eigenvalue weighted by molar-refractivity contribution is 7.05. The van der Waals surface area contributed by atoms with Gasteiger partial charge in [0.25, 0.3) is 0 Å². The summed E-state index contributed by atoms with van der Waals surface area (Å²) in [5, 5.41) is 1.18. The Labute approximate surface area is 156 Å². The van der Waals surface area contributed by atoms with Crippen molar-refractivity contribution >= 4 is 28.3 Å². The Morgan fingerprint density at radius 1 is 1.15 bits per heavy atom. The molecule has 1 aromatic carbocycles. The number of aromatic nitrogens is 2. The summed E-state index contributed by atoms with van der Waals surface area (Å²) in [5.41, 5.74) is 7.19. The molecule has 134 valence electrons. The van der Waals surface area contributed by atoms with Crippen LogP contribution in [0.4, 0.5) is 0 Å². The van der Waals surface area contributed by atoms with Gasteiger partial charge in [0.15, 0.2) is 0 Å². The van der Waals surface area contributed by atoms with Crippen LogP contribution in [0.3, 0.4) is 0 Å². The summed E-state index contributed by atoms with van der Waals surface area (Å²) < 4.78 is 6.62. The third kappa shape index (κ3) is 2.64. The highest BCUT2D eigenvalue weighted by Gasteiger charge is 2.41. The van der Waals surface area contributed by atoms with E-state index in [0.29, 0.717) is 23.7 Å². The maximum Gasteiger partial charge on any atom is 0.248 e. The minimum absolute atomic E-state index is 0.362. The van der Waals surface area contributed by atoms with E-state index in [-0.39, 0.29) is 5.91 Å². The quantitative estimate of drug-likeness (QED) is 0.768. The molecule has 2 aromatic heterocycles. The zero-order valence-electron chi connectivity index (χ0n) is 14.5. The van der Waals surface area contributed by atoms with Crippen molar-refractivity contribution < 1.29 is 4.79 Å². The van der Waals surface area contributed by atoms with Gasteiger partial charge in [-0.15, -0.1) is 0 Å². The maximum atomic E-state index is 11.6. The van der Waals surface area contributed by atoms with E-state index in [4.69, 9.17) is 5.73 Å². The third-order valence-electron chi connectivity index (χ3n) is 6.09. The van der Waals surface area contributed by atoms with E-state index >= 15 is 0 Å². The lowest BCUT2D eigenvalue weighted by Gasteiger charge is -2.39. The molecule has 2 unspecified atom stereocenters. The highest BCUT2D eigenvalue weighted by Crippen LogP contribution is 2.42. The van der Waals surface area contributed by atoms with Crippen LogP contribution in [-0.2, 0) is 6.54 Å². The molecule has 2 bridgehead atoms. The van der Waals surface area contributed by atoms with Crippen LogP contribution in [0.15, 0.2) is 42.7 Å². The van der Waals surface area contributed by atoms with Crippen LogP contribution in [0.1, 0.15) is 47.0 Å². The fraction of sp³-hybridized carbons (Fsp3) is 0.400. The minimum atomic E-state index is -0.362. The summed E-state index contributed by atoms with van der Waals surface area (Å²) in [6, 6.07) is 11.8. The summed E-state index contributed by atoms with van der Waals surface area (Å²) in [6.45, 7) is 1.03. The first-order valence-electron chi connectivity index (χ1n) is 9.25. The number of carbonyl (C=O) groups is 1. The molecule has 0 spiro atoms. The number of fused-ring (bicyclic) bond motifs is 3. The molecule has 2 N–H and O–H groups in total. The molecule has 5 rings (SSSR count). The topological polar surface area (TPSA) is 64.2 Å². The van der Waals surface area contributed by atoms with E-state index in [9.17, 15) is 4.79 Å². The van der Waals surface area contributed by atoms with Crippen LogP contribution < -0.4 is 5.73 Å². The first kappa shape index (κ1) is 16.0. The molecule has 0 saturated carbocycles. The molecule has 1 amide bonds. The lowest BCUT2D eigenvalue weighted by atomic mass is 9.96. The van der Waals surface area contributed by atoms with Gasteiger partial charge in [-0.2, -0.15) is 0 Å². The van der Waals surface area contributed by atoms with Crippen LogP contribution in [0.2, 0.25) is 0 Å². The number of nitrogens with two attached hydrogens (primary N) is 1. The SMILES string of the molecule is NC(=O)c1ccc2ccn(C3CC4CCC(C3)N4Cc3ccns3)c2c1. The van der Waals surface area contributed by atoms with Crippen molar-refractivity contribution in [3.63, 3.8) is 0 Å². The normalized spacial score (nSPS) is 25.8. The molecule has 2 atom stereocenters. The summed E-state index contributed by atoms with van der Waals surface area (Å²) in [4.78, 5) is 15.6. The fourth-order valence-electron chi connectivity index (χ4n) is 4.86. The molecule has 2 saturated heterocycles. The molecule has 2 fully saturated rings. The number of nitrogens with zero attached hydrogens (tertiary/aromatic N) is 3. The third-order valence-corrected chi connectivity index (χ3v) is 6.82. The molecule has 3 aromatic rings. The van der Waals surface area contributed by atoms with Gasteiger partial charge in [0.05, 0.1) is 0 Å². The standard InChI is InChI=1S/C20H22N4OS/c21-20(25)14-2-1-13-6-8-23(19(13)9-14)17-10-15-3-4-16(11-17)24(15)12-18-5-7-22-26-18/h1-2,5-9,15-17H,3-4,10-12H2,(H2,21,25). The number of primary amides is 1. The van der Waals surface area contributed by atoms with E-state index in [1.165, 1.54) is 35.9 Å². The summed E-state index contributed by atoms with van der Waals surface area (Å²) in [7, 11) is 0. The first-order valence-corrected chi connectivity index (χ1v) is 10.0. The second kappa shape index (κ2) is 6.21. The predicted octanol–water partition coefficient (Wildman–Crippen LogP) is 3.56. The minimum Gasteiger partial charge on any atom is -0.366 e. The average Bonchev–Trinajstić information content (AvgIpc) is 3.34. The first-order chi connectivity index (χ1) is 12.7. The van der Waals surface area contributed by atoms with Crippen molar-refractivity contribution in [2.75, 3.05) is 0 Å². The van der Waals surface area contributed by atoms with E-state index in [2.05, 4.69) is 32.2 Å². The van der Waals surface area contributed by atoms with Crippen molar-refractivity contribution in [2.24, 2.45) is 5.73 Å². The highest BCUT2D eigenvalue weighted by atomic mass is 32.1. The number of amides is 1. The summed E-state index contributed by atoms with van der Waals surface area (Å²) in [5.74, 6) is -0.362. The maximum absolute atomic E-state index is 11.6. The second-order valence-electron chi connectivity index (χ2n) is 7.52. The van der Waals surface area contributed by atoms with Gasteiger partial charge in [0.2, 0.25) is 5.91 Å². The van der Waals surface area contributed by atoms with Gasteiger partial charge in [-0.1, -0.05) is 6.07 Å². The van der Waals surface area contributed by atoms with Crippen molar-refractivity contribution in [1.29, 1.82) is 0 Å². The van der Waals surface area contributed by atoms with Crippen molar-refractivity contribution in [3.05, 3.63) is 53.2 Å². The van der Waals surface area contributed by atoms with Crippen LogP contribution in [-0.4, -0.2) is 31.8 Å². The van der Waals surface area contributed by atoms with Crippen LogP contribution in [0.5, 0.6) is 0 Å². The Hall–Kier alpha value is -2.18. The van der Waals surface area contributed by atoms with E-state index < -0.39 is 0 Å². The van der Waals surface area contributed by atoms with Crippen LogP contribution in [0, 0.1) is 0 Å².